The van der Waals surface area contributed by atoms with Crippen molar-refractivity contribution in [3.8, 4) is 0 Å². The Bertz CT molecular complexity index is 470. The molecule has 2 N–H and O–H groups in total. The summed E-state index contributed by atoms with van der Waals surface area (Å²) < 4.78 is 10.2. The summed E-state index contributed by atoms with van der Waals surface area (Å²) in [6.07, 6.45) is -0.199. The molecule has 90 valence electrons. The van der Waals surface area contributed by atoms with Crippen LogP contribution in [0.5, 0.6) is 0 Å². The first-order valence-corrected chi connectivity index (χ1v) is 5.39. The van der Waals surface area contributed by atoms with E-state index in [-0.39, 0.29) is 6.10 Å². The van der Waals surface area contributed by atoms with Gasteiger partial charge in [0.1, 0.15) is 12.1 Å². The summed E-state index contributed by atoms with van der Waals surface area (Å²) in [6, 6.07) is 9.22. The Morgan fingerprint density at radius 1 is 1.29 bits per heavy atom. The Labute approximate surface area is 99.6 Å². The van der Waals surface area contributed by atoms with Gasteiger partial charge in [-0.15, -0.1) is 0 Å². The number of ether oxygens (including phenoxy) is 1. The maximum atomic E-state index is 6.03. The second-order valence-electron chi connectivity index (χ2n) is 3.76. The van der Waals surface area contributed by atoms with Crippen molar-refractivity contribution in [1.82, 2.24) is 10.1 Å². The fourth-order valence-electron chi connectivity index (χ4n) is 1.45. The van der Waals surface area contributed by atoms with Crippen LogP contribution in [0.1, 0.15) is 36.3 Å². The van der Waals surface area contributed by atoms with E-state index in [4.69, 9.17) is 15.0 Å². The fourth-order valence-corrected chi connectivity index (χ4v) is 1.45. The molecule has 17 heavy (non-hydrogen) atoms. The van der Waals surface area contributed by atoms with Crippen molar-refractivity contribution in [2.45, 2.75) is 19.1 Å². The zero-order valence-electron chi connectivity index (χ0n) is 9.83. The smallest absolute Gasteiger partial charge is 0.248 e. The number of hydrogen-bond donors (Lipinski definition) is 1. The van der Waals surface area contributed by atoms with Gasteiger partial charge in [-0.05, 0) is 12.5 Å². The molecule has 0 aliphatic rings. The molecule has 2 aromatic rings. The second kappa shape index (κ2) is 5.07. The third kappa shape index (κ3) is 2.51. The fraction of sp³-hybridized carbons (Fsp3) is 0.333. The molecule has 0 spiro atoms. The summed E-state index contributed by atoms with van der Waals surface area (Å²) in [5, 5.41) is 3.84. The Morgan fingerprint density at radius 3 is 2.65 bits per heavy atom. The molecule has 0 amide bonds. The normalized spacial score (nSPS) is 14.5. The van der Waals surface area contributed by atoms with E-state index in [0.717, 1.165) is 5.56 Å². The molecule has 5 nitrogen and oxygen atoms in total. The summed E-state index contributed by atoms with van der Waals surface area (Å²) in [5.41, 5.74) is 6.97. The van der Waals surface area contributed by atoms with E-state index in [1.54, 1.807) is 7.11 Å². The lowest BCUT2D eigenvalue weighted by molar-refractivity contribution is 0.109. The van der Waals surface area contributed by atoms with Gasteiger partial charge in [0, 0.05) is 7.11 Å². The largest absolute Gasteiger partial charge is 0.374 e. The minimum atomic E-state index is -0.401. The Hall–Kier alpha value is -1.72. The van der Waals surface area contributed by atoms with Gasteiger partial charge in [0.25, 0.3) is 0 Å². The van der Waals surface area contributed by atoms with Gasteiger partial charge in [-0.25, -0.2) is 0 Å². The van der Waals surface area contributed by atoms with E-state index in [9.17, 15) is 0 Å². The van der Waals surface area contributed by atoms with E-state index in [2.05, 4.69) is 10.1 Å². The summed E-state index contributed by atoms with van der Waals surface area (Å²) in [7, 11) is 1.60. The molecular weight excluding hydrogens is 218 g/mol. The zero-order chi connectivity index (χ0) is 12.3. The monoisotopic (exact) mass is 233 g/mol. The number of nitrogens with two attached hydrogens (primary N) is 1. The van der Waals surface area contributed by atoms with Crippen LogP contribution < -0.4 is 5.73 Å². The average molecular weight is 233 g/mol. The highest BCUT2D eigenvalue weighted by atomic mass is 16.5. The van der Waals surface area contributed by atoms with Gasteiger partial charge in [0.2, 0.25) is 5.89 Å². The quantitative estimate of drug-likeness (QED) is 0.871. The van der Waals surface area contributed by atoms with Crippen molar-refractivity contribution in [2.75, 3.05) is 7.11 Å². The van der Waals surface area contributed by atoms with Crippen LogP contribution in [0.2, 0.25) is 0 Å². The molecule has 1 heterocycles. The number of nitrogens with zero attached hydrogens (tertiary/aromatic N) is 2. The summed E-state index contributed by atoms with van der Waals surface area (Å²) in [5.74, 6) is 0.906. The Morgan fingerprint density at radius 2 is 2.00 bits per heavy atom. The van der Waals surface area contributed by atoms with Gasteiger partial charge >= 0.3 is 0 Å². The number of methoxy groups -OCH3 is 1. The number of rotatable bonds is 4. The summed E-state index contributed by atoms with van der Waals surface area (Å²) in [4.78, 5) is 4.23. The van der Waals surface area contributed by atoms with Crippen LogP contribution in [0, 0.1) is 0 Å². The van der Waals surface area contributed by atoms with Crippen LogP contribution in [0.15, 0.2) is 34.9 Å². The molecule has 0 saturated heterocycles. The van der Waals surface area contributed by atoms with E-state index in [1.807, 2.05) is 37.3 Å². The lowest BCUT2D eigenvalue weighted by Gasteiger charge is -2.06. The molecular formula is C12H15N3O2. The van der Waals surface area contributed by atoms with Gasteiger partial charge < -0.3 is 15.0 Å². The molecule has 5 heteroatoms. The number of benzene rings is 1. The minimum absolute atomic E-state index is 0.199. The molecule has 1 aromatic heterocycles. The third-order valence-electron chi connectivity index (χ3n) is 2.60. The number of aromatic nitrogens is 2. The molecule has 0 aliphatic carbocycles. The lowest BCUT2D eigenvalue weighted by atomic mass is 10.1. The number of hydrogen-bond acceptors (Lipinski definition) is 5. The zero-order valence-corrected chi connectivity index (χ0v) is 9.83. The van der Waals surface area contributed by atoms with Crippen molar-refractivity contribution in [3.63, 3.8) is 0 Å². The molecule has 2 atom stereocenters. The van der Waals surface area contributed by atoms with Crippen molar-refractivity contribution >= 4 is 0 Å². The minimum Gasteiger partial charge on any atom is -0.374 e. The highest BCUT2D eigenvalue weighted by molar-refractivity contribution is 5.23. The molecule has 0 saturated carbocycles. The summed E-state index contributed by atoms with van der Waals surface area (Å²) >= 11 is 0. The molecule has 0 radical (unpaired) electrons. The van der Waals surface area contributed by atoms with Crippen LogP contribution in [0.4, 0.5) is 0 Å². The van der Waals surface area contributed by atoms with Crippen molar-refractivity contribution in [2.24, 2.45) is 5.73 Å². The molecule has 2 rings (SSSR count). The molecule has 0 aliphatic heterocycles. The third-order valence-corrected chi connectivity index (χ3v) is 2.60. The van der Waals surface area contributed by atoms with Crippen LogP contribution >= 0.6 is 0 Å². The van der Waals surface area contributed by atoms with Gasteiger partial charge in [-0.2, -0.15) is 4.98 Å². The van der Waals surface area contributed by atoms with E-state index >= 15 is 0 Å². The molecule has 0 bridgehead atoms. The van der Waals surface area contributed by atoms with E-state index in [1.165, 1.54) is 0 Å². The van der Waals surface area contributed by atoms with E-state index < -0.39 is 6.04 Å². The van der Waals surface area contributed by atoms with Gasteiger partial charge in [-0.1, -0.05) is 35.5 Å². The van der Waals surface area contributed by atoms with Crippen LogP contribution in [0.3, 0.4) is 0 Å². The van der Waals surface area contributed by atoms with Gasteiger partial charge in [0.15, 0.2) is 5.82 Å². The summed E-state index contributed by atoms with van der Waals surface area (Å²) in [6.45, 7) is 1.85. The Balaban J connectivity index is 2.20. The first kappa shape index (κ1) is 11.8. The highest BCUT2D eigenvalue weighted by Gasteiger charge is 2.19. The van der Waals surface area contributed by atoms with Crippen LogP contribution in [-0.4, -0.2) is 17.3 Å². The topological polar surface area (TPSA) is 74.2 Å². The maximum absolute atomic E-state index is 6.03. The molecule has 1 aromatic carbocycles. The van der Waals surface area contributed by atoms with Crippen molar-refractivity contribution in [1.29, 1.82) is 0 Å². The SMILES string of the molecule is COC(C)c1noc([C@@H](N)c2ccccc2)n1. The van der Waals surface area contributed by atoms with Crippen molar-refractivity contribution < 1.29 is 9.26 Å². The van der Waals surface area contributed by atoms with E-state index in [0.29, 0.717) is 11.7 Å². The predicted octanol–water partition coefficient (Wildman–Crippen LogP) is 1.83. The predicted molar refractivity (Wildman–Crippen MR) is 62.2 cm³/mol. The van der Waals surface area contributed by atoms with Gasteiger partial charge in [0.05, 0.1) is 0 Å². The second-order valence-corrected chi connectivity index (χ2v) is 3.76. The maximum Gasteiger partial charge on any atom is 0.248 e. The van der Waals surface area contributed by atoms with Crippen LogP contribution in [0.25, 0.3) is 0 Å². The molecule has 1 unspecified atom stereocenters. The Kier molecular flexibility index (Phi) is 3.51. The van der Waals surface area contributed by atoms with Crippen molar-refractivity contribution in [3.05, 3.63) is 47.6 Å². The molecule has 0 fully saturated rings. The average Bonchev–Trinajstić information content (AvgIpc) is 2.87. The van der Waals surface area contributed by atoms with Gasteiger partial charge in [-0.3, -0.25) is 0 Å². The first-order chi connectivity index (χ1) is 8.22. The highest BCUT2D eigenvalue weighted by Crippen LogP contribution is 2.19. The first-order valence-electron chi connectivity index (χ1n) is 5.39. The lowest BCUT2D eigenvalue weighted by Crippen LogP contribution is -2.12. The van der Waals surface area contributed by atoms with Crippen LogP contribution in [-0.2, 0) is 4.74 Å². The standard InChI is InChI=1S/C12H15N3O2/c1-8(16-2)11-14-12(17-15-11)10(13)9-6-4-3-5-7-9/h3-8,10H,13H2,1-2H3/t8?,10-/m0/s1.